The summed E-state index contributed by atoms with van der Waals surface area (Å²) in [5.74, 6) is 0.656. The van der Waals surface area contributed by atoms with Crippen LogP contribution in [0.25, 0.3) is 0 Å². The Morgan fingerprint density at radius 3 is 2.77 bits per heavy atom. The number of hydrogen-bond donors (Lipinski definition) is 2. The maximum Gasteiger partial charge on any atom is 0.251 e. The summed E-state index contributed by atoms with van der Waals surface area (Å²) in [6.07, 6.45) is 1.69. The molecule has 0 fully saturated rings. The standard InChI is InChI=1S/C15H14Cl2N4O/c1-8-13(15(22)18-2)14(21-12(20-8)5-6-19-21)9-3-4-10(16)11(17)7-9/h3-7,14,20H,1-2H3,(H,18,22). The highest BCUT2D eigenvalue weighted by Gasteiger charge is 2.32. The monoisotopic (exact) mass is 336 g/mol. The first kappa shape index (κ1) is 14.9. The van der Waals surface area contributed by atoms with E-state index < -0.39 is 0 Å². The molecule has 3 rings (SSSR count). The molecule has 1 aliphatic rings. The lowest BCUT2D eigenvalue weighted by atomic mass is 9.95. The number of carbonyl (C=O) groups is 1. The Balaban J connectivity index is 2.20. The number of carbonyl (C=O) groups excluding carboxylic acids is 1. The minimum absolute atomic E-state index is 0.165. The number of halogens is 2. The summed E-state index contributed by atoms with van der Waals surface area (Å²) >= 11 is 12.1. The number of nitrogens with zero attached hydrogens (tertiary/aromatic N) is 2. The van der Waals surface area contributed by atoms with E-state index in [9.17, 15) is 4.79 Å². The zero-order valence-electron chi connectivity index (χ0n) is 12.0. The van der Waals surface area contributed by atoms with Crippen LogP contribution >= 0.6 is 23.2 Å². The van der Waals surface area contributed by atoms with Gasteiger partial charge in [0.2, 0.25) is 0 Å². The molecule has 114 valence electrons. The number of nitrogens with one attached hydrogen (secondary N) is 2. The van der Waals surface area contributed by atoms with Crippen molar-refractivity contribution in [2.75, 3.05) is 12.4 Å². The molecule has 1 atom stereocenters. The molecule has 1 aromatic heterocycles. The second-order valence-electron chi connectivity index (χ2n) is 4.98. The van der Waals surface area contributed by atoms with Gasteiger partial charge in [0.15, 0.2) is 0 Å². The molecule has 0 aliphatic carbocycles. The molecule has 5 nitrogen and oxygen atoms in total. The van der Waals surface area contributed by atoms with E-state index in [2.05, 4.69) is 15.7 Å². The molecule has 0 radical (unpaired) electrons. The van der Waals surface area contributed by atoms with E-state index in [1.165, 1.54) is 0 Å². The van der Waals surface area contributed by atoms with Crippen LogP contribution in [0.15, 0.2) is 41.7 Å². The average Bonchev–Trinajstić information content (AvgIpc) is 2.95. The number of hydrogen-bond acceptors (Lipinski definition) is 3. The molecule has 1 aromatic carbocycles. The van der Waals surface area contributed by atoms with Gasteiger partial charge in [-0.15, -0.1) is 0 Å². The predicted molar refractivity (Wildman–Crippen MR) is 87.2 cm³/mol. The molecule has 2 aromatic rings. The number of rotatable bonds is 2. The van der Waals surface area contributed by atoms with Crippen molar-refractivity contribution in [1.82, 2.24) is 15.1 Å². The number of benzene rings is 1. The summed E-state index contributed by atoms with van der Waals surface area (Å²) in [6, 6.07) is 6.84. The van der Waals surface area contributed by atoms with Crippen molar-refractivity contribution >= 4 is 34.9 Å². The van der Waals surface area contributed by atoms with Crippen LogP contribution in [-0.2, 0) is 4.79 Å². The second kappa shape index (κ2) is 5.66. The normalized spacial score (nSPS) is 17.0. The van der Waals surface area contributed by atoms with E-state index in [0.29, 0.717) is 15.6 Å². The van der Waals surface area contributed by atoms with Crippen molar-refractivity contribution in [3.05, 3.63) is 57.3 Å². The number of aromatic nitrogens is 2. The van der Waals surface area contributed by atoms with Crippen molar-refractivity contribution in [2.24, 2.45) is 0 Å². The number of allylic oxidation sites excluding steroid dienone is 1. The van der Waals surface area contributed by atoms with Crippen molar-refractivity contribution in [3.63, 3.8) is 0 Å². The fourth-order valence-corrected chi connectivity index (χ4v) is 2.93. The molecular formula is C15H14Cl2N4O. The summed E-state index contributed by atoms with van der Waals surface area (Å²) in [7, 11) is 1.60. The number of fused-ring (bicyclic) bond motifs is 1. The Morgan fingerprint density at radius 2 is 2.09 bits per heavy atom. The predicted octanol–water partition coefficient (Wildman–Crippen LogP) is 3.22. The minimum atomic E-state index is -0.360. The van der Waals surface area contributed by atoms with E-state index in [0.717, 1.165) is 17.1 Å². The summed E-state index contributed by atoms with van der Waals surface area (Å²) in [4.78, 5) is 12.3. The van der Waals surface area contributed by atoms with Crippen molar-refractivity contribution in [2.45, 2.75) is 13.0 Å². The third-order valence-electron chi connectivity index (χ3n) is 3.64. The van der Waals surface area contributed by atoms with Gasteiger partial charge in [0, 0.05) is 18.8 Å². The van der Waals surface area contributed by atoms with Gasteiger partial charge in [0.05, 0.1) is 21.8 Å². The fourth-order valence-electron chi connectivity index (χ4n) is 2.63. The minimum Gasteiger partial charge on any atom is -0.355 e. The van der Waals surface area contributed by atoms with Crippen LogP contribution in [-0.4, -0.2) is 22.7 Å². The maximum atomic E-state index is 12.3. The lowest BCUT2D eigenvalue weighted by Gasteiger charge is -2.29. The lowest BCUT2D eigenvalue weighted by Crippen LogP contribution is -2.33. The van der Waals surface area contributed by atoms with Gasteiger partial charge in [-0.3, -0.25) is 4.79 Å². The third kappa shape index (κ3) is 2.36. The Hall–Kier alpha value is -1.98. The molecule has 2 heterocycles. The summed E-state index contributed by atoms with van der Waals surface area (Å²) in [5, 5.41) is 11.1. The zero-order chi connectivity index (χ0) is 15.9. The van der Waals surface area contributed by atoms with Gasteiger partial charge in [-0.2, -0.15) is 5.10 Å². The molecule has 7 heteroatoms. The van der Waals surface area contributed by atoms with E-state index in [1.54, 1.807) is 30.1 Å². The van der Waals surface area contributed by atoms with E-state index >= 15 is 0 Å². The Kier molecular flexibility index (Phi) is 3.85. The molecule has 1 aliphatic heterocycles. The number of likely N-dealkylation sites (N-methyl/N-ethyl adjacent to an activating group) is 1. The maximum absolute atomic E-state index is 12.3. The van der Waals surface area contributed by atoms with Crippen LogP contribution in [0.5, 0.6) is 0 Å². The number of amides is 1. The van der Waals surface area contributed by atoms with Crippen LogP contribution in [0.2, 0.25) is 10.0 Å². The van der Waals surface area contributed by atoms with Crippen LogP contribution in [0.1, 0.15) is 18.5 Å². The van der Waals surface area contributed by atoms with Gasteiger partial charge < -0.3 is 10.6 Å². The second-order valence-corrected chi connectivity index (χ2v) is 5.79. The van der Waals surface area contributed by atoms with Gasteiger partial charge in [-0.05, 0) is 24.6 Å². The van der Waals surface area contributed by atoms with E-state index in [-0.39, 0.29) is 11.9 Å². The third-order valence-corrected chi connectivity index (χ3v) is 4.38. The van der Waals surface area contributed by atoms with Crippen molar-refractivity contribution in [1.29, 1.82) is 0 Å². The average molecular weight is 337 g/mol. The van der Waals surface area contributed by atoms with E-state index in [1.807, 2.05) is 19.1 Å². The van der Waals surface area contributed by atoms with Gasteiger partial charge in [0.25, 0.3) is 5.91 Å². The molecule has 0 saturated carbocycles. The van der Waals surface area contributed by atoms with Gasteiger partial charge in [-0.25, -0.2) is 4.68 Å². The molecule has 1 unspecified atom stereocenters. The van der Waals surface area contributed by atoms with Crippen molar-refractivity contribution in [3.8, 4) is 0 Å². The molecule has 0 bridgehead atoms. The van der Waals surface area contributed by atoms with Gasteiger partial charge in [0.1, 0.15) is 11.9 Å². The van der Waals surface area contributed by atoms with Crippen LogP contribution in [0, 0.1) is 0 Å². The highest BCUT2D eigenvalue weighted by molar-refractivity contribution is 6.42. The Labute approximate surface area is 137 Å². The fraction of sp³-hybridized carbons (Fsp3) is 0.200. The lowest BCUT2D eigenvalue weighted by molar-refractivity contribution is -0.117. The highest BCUT2D eigenvalue weighted by Crippen LogP contribution is 2.37. The van der Waals surface area contributed by atoms with Crippen LogP contribution < -0.4 is 10.6 Å². The highest BCUT2D eigenvalue weighted by atomic mass is 35.5. The molecule has 0 saturated heterocycles. The Bertz CT molecular complexity index is 782. The molecule has 2 N–H and O–H groups in total. The van der Waals surface area contributed by atoms with E-state index in [4.69, 9.17) is 23.2 Å². The quantitative estimate of drug-likeness (QED) is 0.885. The summed E-state index contributed by atoms with van der Waals surface area (Å²) in [5.41, 5.74) is 2.22. The van der Waals surface area contributed by atoms with Gasteiger partial charge in [-0.1, -0.05) is 29.3 Å². The molecule has 1 amide bonds. The molecule has 22 heavy (non-hydrogen) atoms. The Morgan fingerprint density at radius 1 is 1.32 bits per heavy atom. The topological polar surface area (TPSA) is 59.0 Å². The smallest absolute Gasteiger partial charge is 0.251 e. The first-order chi connectivity index (χ1) is 10.5. The molecular weight excluding hydrogens is 323 g/mol. The van der Waals surface area contributed by atoms with Crippen LogP contribution in [0.3, 0.4) is 0 Å². The van der Waals surface area contributed by atoms with Gasteiger partial charge >= 0.3 is 0 Å². The first-order valence-electron chi connectivity index (χ1n) is 6.71. The van der Waals surface area contributed by atoms with Crippen molar-refractivity contribution < 1.29 is 4.79 Å². The summed E-state index contributed by atoms with van der Waals surface area (Å²) < 4.78 is 1.76. The SMILES string of the molecule is CNC(=O)C1=C(C)Nc2ccnn2C1c1ccc(Cl)c(Cl)c1. The zero-order valence-corrected chi connectivity index (χ0v) is 13.5. The van der Waals surface area contributed by atoms with Crippen LogP contribution in [0.4, 0.5) is 5.82 Å². The first-order valence-corrected chi connectivity index (χ1v) is 7.47. The molecule has 0 spiro atoms. The largest absolute Gasteiger partial charge is 0.355 e. The number of anilines is 1. The summed E-state index contributed by atoms with van der Waals surface area (Å²) in [6.45, 7) is 1.87.